The molecule has 0 unspecified atom stereocenters. The van der Waals surface area contributed by atoms with Gasteiger partial charge < -0.3 is 14.2 Å². The molecule has 0 amide bonds. The third-order valence-corrected chi connectivity index (χ3v) is 3.95. The second-order valence-electron chi connectivity index (χ2n) is 5.45. The van der Waals surface area contributed by atoms with Crippen molar-refractivity contribution < 1.29 is 14.2 Å². The van der Waals surface area contributed by atoms with Gasteiger partial charge in [0.2, 0.25) is 0 Å². The first-order valence-corrected chi connectivity index (χ1v) is 8.64. The molecule has 0 radical (unpaired) electrons. The molecule has 5 heteroatoms. The molecule has 0 aromatic heterocycles. The summed E-state index contributed by atoms with van der Waals surface area (Å²) in [6.45, 7) is 1.91. The summed E-state index contributed by atoms with van der Waals surface area (Å²) in [7, 11) is 0. The van der Waals surface area contributed by atoms with E-state index in [9.17, 15) is 4.79 Å². The zero-order valence-electron chi connectivity index (χ0n) is 13.7. The van der Waals surface area contributed by atoms with Gasteiger partial charge in [-0.15, -0.1) is 0 Å². The molecule has 0 aliphatic rings. The highest BCUT2D eigenvalue weighted by molar-refractivity contribution is 6.17. The van der Waals surface area contributed by atoms with Crippen LogP contribution in [0, 0.1) is 0 Å². The van der Waals surface area contributed by atoms with Crippen LogP contribution < -0.4 is 10.2 Å². The molecule has 0 aliphatic carbocycles. The maximum absolute atomic E-state index is 12.1. The summed E-state index contributed by atoms with van der Waals surface area (Å²) in [5.41, 5.74) is 3.61. The van der Waals surface area contributed by atoms with Gasteiger partial charge in [0.15, 0.2) is 5.43 Å². The third-order valence-electron chi connectivity index (χ3n) is 3.79. The molecule has 0 saturated heterocycles. The zero-order chi connectivity index (χ0) is 17.5. The molecule has 0 heterocycles. The van der Waals surface area contributed by atoms with Crippen LogP contribution in [-0.2, 0) is 9.47 Å². The maximum Gasteiger partial charge on any atom is 0.195 e. The summed E-state index contributed by atoms with van der Waals surface area (Å²) < 4.78 is 15.9. The number of ether oxygens (including phenoxy) is 3. The number of hydrogen-bond donors (Lipinski definition) is 0. The van der Waals surface area contributed by atoms with Crippen molar-refractivity contribution >= 4 is 11.6 Å². The van der Waals surface area contributed by atoms with E-state index in [1.807, 2.05) is 54.6 Å². The van der Waals surface area contributed by atoms with E-state index in [2.05, 4.69) is 0 Å². The van der Waals surface area contributed by atoms with Crippen molar-refractivity contribution in [3.8, 4) is 28.0 Å². The highest BCUT2D eigenvalue weighted by atomic mass is 35.5. The summed E-state index contributed by atoms with van der Waals surface area (Å²) in [4.78, 5) is 12.1. The minimum Gasteiger partial charge on any atom is -0.491 e. The van der Waals surface area contributed by atoms with Crippen molar-refractivity contribution in [1.29, 1.82) is 0 Å². The molecule has 0 N–H and O–H groups in total. The van der Waals surface area contributed by atoms with Crippen molar-refractivity contribution in [2.24, 2.45) is 0 Å². The number of halogens is 1. The van der Waals surface area contributed by atoms with Crippen LogP contribution in [0.25, 0.3) is 22.3 Å². The van der Waals surface area contributed by atoms with E-state index in [1.165, 1.54) is 0 Å². The van der Waals surface area contributed by atoms with Gasteiger partial charge in [-0.3, -0.25) is 4.79 Å². The fourth-order valence-electron chi connectivity index (χ4n) is 2.54. The summed E-state index contributed by atoms with van der Waals surface area (Å²) in [6.07, 6.45) is 0. The number of alkyl halides is 1. The van der Waals surface area contributed by atoms with Crippen molar-refractivity contribution in [2.75, 3.05) is 32.5 Å². The summed E-state index contributed by atoms with van der Waals surface area (Å²) in [6, 6.07) is 17.5. The van der Waals surface area contributed by atoms with Gasteiger partial charge in [-0.1, -0.05) is 54.1 Å². The van der Waals surface area contributed by atoms with Crippen molar-refractivity contribution in [2.45, 2.75) is 0 Å². The highest BCUT2D eigenvalue weighted by Gasteiger charge is 2.24. The number of benzene rings is 2. The van der Waals surface area contributed by atoms with Crippen molar-refractivity contribution in [1.82, 2.24) is 0 Å². The Morgan fingerprint density at radius 2 is 1.32 bits per heavy atom. The Morgan fingerprint density at radius 3 is 2.00 bits per heavy atom. The summed E-state index contributed by atoms with van der Waals surface area (Å²) in [5, 5.41) is 0. The molecule has 130 valence electrons. The van der Waals surface area contributed by atoms with E-state index >= 15 is 0 Å². The lowest BCUT2D eigenvalue weighted by Crippen LogP contribution is -2.10. The minimum absolute atomic E-state index is 0.118. The van der Waals surface area contributed by atoms with Gasteiger partial charge in [-0.05, 0) is 23.3 Å². The Hall–Kier alpha value is -2.14. The van der Waals surface area contributed by atoms with Gasteiger partial charge in [0.05, 0.1) is 19.8 Å². The molecule has 4 nitrogen and oxygen atoms in total. The first kappa shape index (κ1) is 17.7. The first-order chi connectivity index (χ1) is 12.3. The van der Waals surface area contributed by atoms with Crippen LogP contribution in [0.4, 0.5) is 0 Å². The standard InChI is InChI=1S/C20H19ClO4/c21-14-24-11-10-23-12-13-25-17-8-6-16(7-9-17)19-18(20(19)22)15-4-2-1-3-5-15/h1-9H,10-14H2. The average molecular weight is 359 g/mol. The van der Waals surface area contributed by atoms with E-state index in [0.717, 1.165) is 28.0 Å². The monoisotopic (exact) mass is 358 g/mol. The maximum atomic E-state index is 12.1. The van der Waals surface area contributed by atoms with E-state index in [1.54, 1.807) is 0 Å². The van der Waals surface area contributed by atoms with Crippen LogP contribution >= 0.6 is 11.6 Å². The average Bonchev–Trinajstić information content (AvgIpc) is 3.33. The van der Waals surface area contributed by atoms with Crippen LogP contribution in [0.1, 0.15) is 0 Å². The lowest BCUT2D eigenvalue weighted by Gasteiger charge is -2.07. The van der Waals surface area contributed by atoms with Gasteiger partial charge in [-0.2, -0.15) is 0 Å². The fourth-order valence-corrected chi connectivity index (χ4v) is 2.65. The molecule has 25 heavy (non-hydrogen) atoms. The SMILES string of the molecule is O=c1c(-c2ccccc2)c1-c1ccc(OCCOCCOCCl)cc1. The predicted molar refractivity (Wildman–Crippen MR) is 98.9 cm³/mol. The number of hydrogen-bond acceptors (Lipinski definition) is 4. The molecule has 3 aromatic rings. The van der Waals surface area contributed by atoms with E-state index in [-0.39, 0.29) is 11.5 Å². The minimum atomic E-state index is 0.118. The molecule has 0 bridgehead atoms. The topological polar surface area (TPSA) is 44.8 Å². The fraction of sp³-hybridized carbons (Fsp3) is 0.250. The Morgan fingerprint density at radius 1 is 0.720 bits per heavy atom. The van der Waals surface area contributed by atoms with E-state index in [0.29, 0.717) is 26.4 Å². The quantitative estimate of drug-likeness (QED) is 0.408. The molecular formula is C20H19ClO4. The van der Waals surface area contributed by atoms with Gasteiger partial charge >= 0.3 is 0 Å². The molecule has 0 aliphatic heterocycles. The van der Waals surface area contributed by atoms with E-state index < -0.39 is 0 Å². The Labute approximate surface area is 151 Å². The van der Waals surface area contributed by atoms with Crippen LogP contribution in [0.15, 0.2) is 59.4 Å². The van der Waals surface area contributed by atoms with E-state index in [4.69, 9.17) is 25.8 Å². The van der Waals surface area contributed by atoms with Gasteiger partial charge in [0.25, 0.3) is 0 Å². The Balaban J connectivity index is 1.50. The lowest BCUT2D eigenvalue weighted by atomic mass is 10.1. The smallest absolute Gasteiger partial charge is 0.195 e. The molecule has 0 atom stereocenters. The Bertz CT molecular complexity index is 789. The predicted octanol–water partition coefficient (Wildman–Crippen LogP) is 3.86. The molecule has 0 saturated carbocycles. The van der Waals surface area contributed by atoms with Crippen molar-refractivity contribution in [3.05, 3.63) is 64.8 Å². The van der Waals surface area contributed by atoms with Crippen LogP contribution in [0.2, 0.25) is 0 Å². The van der Waals surface area contributed by atoms with Crippen LogP contribution in [0.3, 0.4) is 0 Å². The molecule has 3 aromatic carbocycles. The molecular weight excluding hydrogens is 340 g/mol. The Kier molecular flexibility index (Phi) is 6.23. The lowest BCUT2D eigenvalue weighted by molar-refractivity contribution is 0.0495. The first-order valence-electron chi connectivity index (χ1n) is 8.10. The van der Waals surface area contributed by atoms with Gasteiger partial charge in [-0.25, -0.2) is 0 Å². The second kappa shape index (κ2) is 8.81. The molecule has 0 spiro atoms. The summed E-state index contributed by atoms with van der Waals surface area (Å²) >= 11 is 5.39. The third kappa shape index (κ3) is 4.69. The molecule has 3 rings (SSSR count). The van der Waals surface area contributed by atoms with Gasteiger partial charge in [0, 0.05) is 11.1 Å². The van der Waals surface area contributed by atoms with Crippen molar-refractivity contribution in [3.63, 3.8) is 0 Å². The summed E-state index contributed by atoms with van der Waals surface area (Å²) in [5.74, 6) is 0.749. The van der Waals surface area contributed by atoms with Crippen LogP contribution in [-0.4, -0.2) is 32.5 Å². The zero-order valence-corrected chi connectivity index (χ0v) is 14.5. The highest BCUT2D eigenvalue weighted by Crippen LogP contribution is 2.34. The molecule has 0 fully saturated rings. The van der Waals surface area contributed by atoms with Crippen LogP contribution in [0.5, 0.6) is 5.75 Å². The number of rotatable bonds is 10. The second-order valence-corrected chi connectivity index (χ2v) is 5.67. The van der Waals surface area contributed by atoms with Gasteiger partial charge in [0.1, 0.15) is 18.4 Å². The normalized spacial score (nSPS) is 11.1. The largest absolute Gasteiger partial charge is 0.491 e.